The van der Waals surface area contributed by atoms with Crippen molar-refractivity contribution in [2.24, 2.45) is 5.92 Å². The zero-order chi connectivity index (χ0) is 13.9. The second-order valence-corrected chi connectivity index (χ2v) is 5.59. The van der Waals surface area contributed by atoms with Gasteiger partial charge in [-0.25, -0.2) is 4.39 Å². The van der Waals surface area contributed by atoms with E-state index in [1.807, 2.05) is 0 Å². The maximum absolute atomic E-state index is 14.3. The average molecular weight is 266 g/mol. The number of benzene rings is 1. The van der Waals surface area contributed by atoms with Crippen LogP contribution < -0.4 is 4.74 Å². The fourth-order valence-electron chi connectivity index (χ4n) is 3.15. The molecule has 0 aromatic heterocycles. The van der Waals surface area contributed by atoms with Crippen molar-refractivity contribution in [2.45, 2.75) is 51.0 Å². The molecule has 1 fully saturated rings. The van der Waals surface area contributed by atoms with E-state index in [0.717, 1.165) is 12.8 Å². The van der Waals surface area contributed by atoms with Gasteiger partial charge >= 0.3 is 0 Å². The Morgan fingerprint density at radius 2 is 2.05 bits per heavy atom. The van der Waals surface area contributed by atoms with Crippen LogP contribution in [0, 0.1) is 11.7 Å². The van der Waals surface area contributed by atoms with Crippen LogP contribution >= 0.6 is 0 Å². The van der Waals surface area contributed by atoms with Gasteiger partial charge in [0.25, 0.3) is 0 Å². The van der Waals surface area contributed by atoms with Crippen LogP contribution in [0.1, 0.15) is 51.0 Å². The Kier molecular flexibility index (Phi) is 4.46. The van der Waals surface area contributed by atoms with Gasteiger partial charge in [0.2, 0.25) is 0 Å². The monoisotopic (exact) mass is 266 g/mol. The molecule has 0 spiro atoms. The lowest BCUT2D eigenvalue weighted by molar-refractivity contribution is -0.0183. The summed E-state index contributed by atoms with van der Waals surface area (Å²) in [6, 6.07) is 5.01. The van der Waals surface area contributed by atoms with Crippen molar-refractivity contribution >= 4 is 0 Å². The van der Waals surface area contributed by atoms with Crippen molar-refractivity contribution in [3.8, 4) is 5.75 Å². The molecule has 0 bridgehead atoms. The van der Waals surface area contributed by atoms with Crippen LogP contribution in [0.4, 0.5) is 4.39 Å². The van der Waals surface area contributed by atoms with Gasteiger partial charge in [0.05, 0.1) is 12.7 Å². The first-order chi connectivity index (χ1) is 9.10. The smallest absolute Gasteiger partial charge is 0.171 e. The summed E-state index contributed by atoms with van der Waals surface area (Å²) in [6.45, 7) is 2.18. The minimum Gasteiger partial charge on any atom is -0.494 e. The molecule has 0 aliphatic heterocycles. The molecule has 0 unspecified atom stereocenters. The van der Waals surface area contributed by atoms with Gasteiger partial charge < -0.3 is 9.84 Å². The second-order valence-electron chi connectivity index (χ2n) is 5.59. The summed E-state index contributed by atoms with van der Waals surface area (Å²) in [4.78, 5) is 0. The highest BCUT2D eigenvalue weighted by molar-refractivity contribution is 5.35. The molecule has 1 N–H and O–H groups in total. The number of aliphatic hydroxyl groups is 1. The molecule has 19 heavy (non-hydrogen) atoms. The average Bonchev–Trinajstić information content (AvgIpc) is 2.42. The Bertz CT molecular complexity index is 423. The van der Waals surface area contributed by atoms with Crippen molar-refractivity contribution < 1.29 is 14.2 Å². The van der Waals surface area contributed by atoms with Gasteiger partial charge in [-0.2, -0.15) is 0 Å². The van der Waals surface area contributed by atoms with Crippen molar-refractivity contribution in [3.63, 3.8) is 0 Å². The zero-order valence-electron chi connectivity index (χ0n) is 11.8. The van der Waals surface area contributed by atoms with Gasteiger partial charge in [-0.15, -0.1) is 0 Å². The van der Waals surface area contributed by atoms with Gasteiger partial charge in [0, 0.05) is 5.56 Å². The SMILES string of the molecule is CCCC1CCC(O)(c2cccc(OC)c2F)CC1. The van der Waals surface area contributed by atoms with Crippen molar-refractivity contribution in [2.75, 3.05) is 7.11 Å². The van der Waals surface area contributed by atoms with Crippen molar-refractivity contribution in [1.82, 2.24) is 0 Å². The van der Waals surface area contributed by atoms with Gasteiger partial charge in [0.15, 0.2) is 11.6 Å². The van der Waals surface area contributed by atoms with Crippen LogP contribution in [-0.4, -0.2) is 12.2 Å². The molecule has 0 amide bonds. The summed E-state index contributed by atoms with van der Waals surface area (Å²) in [5, 5.41) is 10.7. The van der Waals surface area contributed by atoms with Gasteiger partial charge in [0.1, 0.15) is 0 Å². The molecule has 3 heteroatoms. The molecule has 2 rings (SSSR count). The first kappa shape index (κ1) is 14.3. The second kappa shape index (κ2) is 5.91. The predicted molar refractivity (Wildman–Crippen MR) is 73.7 cm³/mol. The highest BCUT2D eigenvalue weighted by atomic mass is 19.1. The molecule has 1 aromatic carbocycles. The highest BCUT2D eigenvalue weighted by Gasteiger charge is 2.37. The van der Waals surface area contributed by atoms with Crippen LogP contribution in [0.25, 0.3) is 0 Å². The normalized spacial score (nSPS) is 27.3. The Morgan fingerprint density at radius 1 is 1.37 bits per heavy atom. The number of hydrogen-bond acceptors (Lipinski definition) is 2. The third kappa shape index (κ3) is 2.92. The fourth-order valence-corrected chi connectivity index (χ4v) is 3.15. The van der Waals surface area contributed by atoms with E-state index in [-0.39, 0.29) is 5.75 Å². The largest absolute Gasteiger partial charge is 0.494 e. The summed E-state index contributed by atoms with van der Waals surface area (Å²) in [5.74, 6) is 0.474. The molecule has 2 nitrogen and oxygen atoms in total. The van der Waals surface area contributed by atoms with E-state index >= 15 is 0 Å². The first-order valence-electron chi connectivity index (χ1n) is 7.16. The molecule has 1 aliphatic carbocycles. The van der Waals surface area contributed by atoms with Crippen LogP contribution in [0.15, 0.2) is 18.2 Å². The molecule has 0 radical (unpaired) electrons. The fraction of sp³-hybridized carbons (Fsp3) is 0.625. The molecule has 1 aromatic rings. The Morgan fingerprint density at radius 3 is 2.63 bits per heavy atom. The van der Waals surface area contributed by atoms with E-state index in [9.17, 15) is 9.50 Å². The van der Waals surface area contributed by atoms with Gasteiger partial charge in [-0.05, 0) is 37.7 Å². The Balaban J connectivity index is 2.18. The summed E-state index contributed by atoms with van der Waals surface area (Å²) < 4.78 is 19.3. The molecule has 1 aliphatic rings. The van der Waals surface area contributed by atoms with Crippen LogP contribution in [0.2, 0.25) is 0 Å². The maximum Gasteiger partial charge on any atom is 0.171 e. The minimum atomic E-state index is -1.02. The molecule has 1 saturated carbocycles. The van der Waals surface area contributed by atoms with Gasteiger partial charge in [-0.1, -0.05) is 31.9 Å². The van der Waals surface area contributed by atoms with Crippen LogP contribution in [0.5, 0.6) is 5.75 Å². The van der Waals surface area contributed by atoms with E-state index in [4.69, 9.17) is 4.74 Å². The molecule has 0 saturated heterocycles. The van der Waals surface area contributed by atoms with Crippen LogP contribution in [-0.2, 0) is 5.60 Å². The number of hydrogen-bond donors (Lipinski definition) is 1. The van der Waals surface area contributed by atoms with E-state index in [1.165, 1.54) is 20.0 Å². The van der Waals surface area contributed by atoms with Crippen molar-refractivity contribution in [1.29, 1.82) is 0 Å². The quantitative estimate of drug-likeness (QED) is 0.892. The minimum absolute atomic E-state index is 0.210. The number of ether oxygens (including phenoxy) is 1. The lowest BCUT2D eigenvalue weighted by atomic mass is 9.74. The highest BCUT2D eigenvalue weighted by Crippen LogP contribution is 2.42. The summed E-state index contributed by atoms with van der Waals surface area (Å²) >= 11 is 0. The number of rotatable bonds is 4. The molecular weight excluding hydrogens is 243 g/mol. The lowest BCUT2D eigenvalue weighted by Gasteiger charge is -2.36. The zero-order valence-corrected chi connectivity index (χ0v) is 11.8. The third-order valence-corrected chi connectivity index (χ3v) is 4.31. The van der Waals surface area contributed by atoms with E-state index < -0.39 is 11.4 Å². The number of methoxy groups -OCH3 is 1. The van der Waals surface area contributed by atoms with Crippen molar-refractivity contribution in [3.05, 3.63) is 29.6 Å². The summed E-state index contributed by atoms with van der Waals surface area (Å²) in [5.41, 5.74) is -0.634. The summed E-state index contributed by atoms with van der Waals surface area (Å²) in [6.07, 6.45) is 5.61. The standard InChI is InChI=1S/C16H23FO2/c1-3-5-12-8-10-16(18,11-9-12)13-6-4-7-14(19-2)15(13)17/h4,6-7,12,18H,3,5,8-11H2,1-2H3. The molecular formula is C16H23FO2. The van der Waals surface area contributed by atoms with E-state index in [0.29, 0.717) is 24.3 Å². The molecule has 106 valence electrons. The maximum atomic E-state index is 14.3. The van der Waals surface area contributed by atoms with E-state index in [1.54, 1.807) is 18.2 Å². The lowest BCUT2D eigenvalue weighted by Crippen LogP contribution is -2.32. The third-order valence-electron chi connectivity index (χ3n) is 4.31. The Labute approximate surface area is 114 Å². The molecule has 0 atom stereocenters. The number of halogens is 1. The van der Waals surface area contributed by atoms with Gasteiger partial charge in [-0.3, -0.25) is 0 Å². The first-order valence-corrected chi connectivity index (χ1v) is 7.16. The Hall–Kier alpha value is -1.09. The predicted octanol–water partition coefficient (Wildman–Crippen LogP) is 4.01. The topological polar surface area (TPSA) is 29.5 Å². The van der Waals surface area contributed by atoms with Crippen LogP contribution in [0.3, 0.4) is 0 Å². The summed E-state index contributed by atoms with van der Waals surface area (Å²) in [7, 11) is 1.45. The van der Waals surface area contributed by atoms with E-state index in [2.05, 4.69) is 6.92 Å². The molecule has 0 heterocycles.